The lowest BCUT2D eigenvalue weighted by molar-refractivity contribution is 0.0467. The van der Waals surface area contributed by atoms with E-state index in [0.29, 0.717) is 16.3 Å². The van der Waals surface area contributed by atoms with Gasteiger partial charge in [-0.25, -0.2) is 14.3 Å². The SMILES string of the molecule is O=C(OCc1ccc(F)cc1Cl)c1n[nH]c(=O)c2ccccc12. The monoisotopic (exact) mass is 332 g/mol. The molecule has 2 aromatic carbocycles. The first-order valence-electron chi connectivity index (χ1n) is 6.65. The highest BCUT2D eigenvalue weighted by Crippen LogP contribution is 2.19. The first-order valence-corrected chi connectivity index (χ1v) is 7.02. The molecule has 1 aromatic heterocycles. The highest BCUT2D eigenvalue weighted by atomic mass is 35.5. The van der Waals surface area contributed by atoms with Crippen molar-refractivity contribution in [2.24, 2.45) is 0 Å². The van der Waals surface area contributed by atoms with Crippen LogP contribution in [0.25, 0.3) is 10.8 Å². The summed E-state index contributed by atoms with van der Waals surface area (Å²) in [6.45, 7) is -0.132. The Balaban J connectivity index is 1.87. The predicted molar refractivity (Wildman–Crippen MR) is 82.9 cm³/mol. The van der Waals surface area contributed by atoms with Gasteiger partial charge in [-0.1, -0.05) is 35.9 Å². The number of benzene rings is 2. The molecule has 0 spiro atoms. The highest BCUT2D eigenvalue weighted by Gasteiger charge is 2.16. The normalized spacial score (nSPS) is 10.7. The highest BCUT2D eigenvalue weighted by molar-refractivity contribution is 6.31. The van der Waals surface area contributed by atoms with Crippen LogP contribution < -0.4 is 5.56 Å². The maximum absolute atomic E-state index is 13.0. The summed E-state index contributed by atoms with van der Waals surface area (Å²) in [5.74, 6) is -1.18. The number of hydrogen-bond donors (Lipinski definition) is 1. The van der Waals surface area contributed by atoms with Crippen LogP contribution in [0, 0.1) is 5.82 Å². The Bertz CT molecular complexity index is 955. The third kappa shape index (κ3) is 3.07. The lowest BCUT2D eigenvalue weighted by atomic mass is 10.1. The van der Waals surface area contributed by atoms with Gasteiger partial charge in [-0.3, -0.25) is 4.79 Å². The molecule has 3 aromatic rings. The Labute approximate surface area is 134 Å². The van der Waals surface area contributed by atoms with Gasteiger partial charge in [0.1, 0.15) is 12.4 Å². The van der Waals surface area contributed by atoms with Crippen LogP contribution in [0.3, 0.4) is 0 Å². The Morgan fingerprint density at radius 1 is 1.22 bits per heavy atom. The van der Waals surface area contributed by atoms with Crippen molar-refractivity contribution in [3.63, 3.8) is 0 Å². The smallest absolute Gasteiger partial charge is 0.359 e. The largest absolute Gasteiger partial charge is 0.456 e. The molecule has 0 aliphatic carbocycles. The zero-order chi connectivity index (χ0) is 16.4. The Hall–Kier alpha value is -2.73. The molecule has 0 amide bonds. The Morgan fingerprint density at radius 2 is 1.96 bits per heavy atom. The van der Waals surface area contributed by atoms with Crippen molar-refractivity contribution in [1.82, 2.24) is 10.2 Å². The maximum Gasteiger partial charge on any atom is 0.359 e. The lowest BCUT2D eigenvalue weighted by Crippen LogP contribution is -2.16. The van der Waals surface area contributed by atoms with E-state index < -0.39 is 17.3 Å². The van der Waals surface area contributed by atoms with E-state index in [9.17, 15) is 14.0 Å². The van der Waals surface area contributed by atoms with Crippen LogP contribution in [0.15, 0.2) is 47.3 Å². The first-order chi connectivity index (χ1) is 11.1. The third-order valence-corrected chi connectivity index (χ3v) is 3.62. The standard InChI is InChI=1S/C16H10ClFN2O3/c17-13-7-10(18)6-5-9(13)8-23-16(22)14-11-3-1-2-4-12(11)15(21)20-19-14/h1-7H,8H2,(H,20,21). The minimum absolute atomic E-state index is 0.00145. The minimum atomic E-state index is -0.710. The van der Waals surface area contributed by atoms with Gasteiger partial charge in [-0.05, 0) is 18.2 Å². The van der Waals surface area contributed by atoms with Crippen LogP contribution in [0.1, 0.15) is 16.1 Å². The second-order valence-corrected chi connectivity index (χ2v) is 5.17. The lowest BCUT2D eigenvalue weighted by Gasteiger charge is -2.07. The summed E-state index contributed by atoms with van der Waals surface area (Å²) in [6, 6.07) is 10.4. The van der Waals surface area contributed by atoms with Crippen LogP contribution in [0.5, 0.6) is 0 Å². The van der Waals surface area contributed by atoms with E-state index in [1.807, 2.05) is 0 Å². The fourth-order valence-electron chi connectivity index (χ4n) is 2.12. The number of ether oxygens (including phenoxy) is 1. The summed E-state index contributed by atoms with van der Waals surface area (Å²) in [5, 5.41) is 6.91. The number of nitrogens with one attached hydrogen (secondary N) is 1. The van der Waals surface area contributed by atoms with Gasteiger partial charge in [0.05, 0.1) is 10.4 Å². The zero-order valence-electron chi connectivity index (χ0n) is 11.7. The van der Waals surface area contributed by atoms with Crippen molar-refractivity contribution in [3.05, 3.63) is 74.9 Å². The van der Waals surface area contributed by atoms with Gasteiger partial charge in [0, 0.05) is 10.9 Å². The van der Waals surface area contributed by atoms with Crippen molar-refractivity contribution in [2.75, 3.05) is 0 Å². The number of aromatic nitrogens is 2. The molecule has 3 rings (SSSR count). The molecule has 0 fully saturated rings. The first kappa shape index (κ1) is 15.2. The van der Waals surface area contributed by atoms with Crippen molar-refractivity contribution in [2.45, 2.75) is 6.61 Å². The van der Waals surface area contributed by atoms with Crippen LogP contribution in [0.4, 0.5) is 4.39 Å². The molecule has 7 heteroatoms. The average Bonchev–Trinajstić information content (AvgIpc) is 2.54. The summed E-state index contributed by atoms with van der Waals surface area (Å²) < 4.78 is 18.1. The molecule has 0 radical (unpaired) electrons. The van der Waals surface area contributed by atoms with E-state index in [2.05, 4.69) is 10.2 Å². The number of carbonyl (C=O) groups excluding carboxylic acids is 1. The Morgan fingerprint density at radius 3 is 2.70 bits per heavy atom. The molecule has 0 unspecified atom stereocenters. The van der Waals surface area contributed by atoms with Crippen molar-refractivity contribution < 1.29 is 13.9 Å². The van der Waals surface area contributed by atoms with E-state index in [4.69, 9.17) is 16.3 Å². The van der Waals surface area contributed by atoms with Crippen LogP contribution in [-0.2, 0) is 11.3 Å². The number of nitrogens with zero attached hydrogens (tertiary/aromatic N) is 1. The summed E-state index contributed by atoms with van der Waals surface area (Å²) in [5.41, 5.74) is 0.0762. The van der Waals surface area contributed by atoms with E-state index in [-0.39, 0.29) is 17.3 Å². The number of hydrogen-bond acceptors (Lipinski definition) is 4. The molecule has 1 N–H and O–H groups in total. The van der Waals surface area contributed by atoms with E-state index in [1.165, 1.54) is 12.1 Å². The molecule has 0 atom stereocenters. The number of carbonyl (C=O) groups is 1. The minimum Gasteiger partial charge on any atom is -0.456 e. The van der Waals surface area contributed by atoms with Gasteiger partial charge in [0.15, 0.2) is 5.69 Å². The van der Waals surface area contributed by atoms with Crippen molar-refractivity contribution >= 4 is 28.3 Å². The van der Waals surface area contributed by atoms with Gasteiger partial charge >= 0.3 is 5.97 Å². The fraction of sp³-hybridized carbons (Fsp3) is 0.0625. The van der Waals surface area contributed by atoms with E-state index in [1.54, 1.807) is 24.3 Å². The fourth-order valence-corrected chi connectivity index (χ4v) is 2.34. The van der Waals surface area contributed by atoms with Gasteiger partial charge in [-0.2, -0.15) is 5.10 Å². The summed E-state index contributed by atoms with van der Waals surface area (Å²) in [7, 11) is 0. The summed E-state index contributed by atoms with van der Waals surface area (Å²) >= 11 is 5.88. The molecule has 0 saturated heterocycles. The van der Waals surface area contributed by atoms with Crippen LogP contribution in [0.2, 0.25) is 5.02 Å². The number of H-pyrrole nitrogens is 1. The predicted octanol–water partition coefficient (Wildman–Crippen LogP) is 3.07. The topological polar surface area (TPSA) is 72.0 Å². The molecule has 116 valence electrons. The maximum atomic E-state index is 13.0. The summed E-state index contributed by atoms with van der Waals surface area (Å²) in [4.78, 5) is 23.9. The third-order valence-electron chi connectivity index (χ3n) is 3.26. The molecule has 0 bridgehead atoms. The zero-order valence-corrected chi connectivity index (χ0v) is 12.4. The second kappa shape index (κ2) is 6.18. The molecular formula is C16H10ClFN2O3. The van der Waals surface area contributed by atoms with E-state index in [0.717, 1.165) is 6.07 Å². The molecule has 1 heterocycles. The molecule has 0 aliphatic heterocycles. The van der Waals surface area contributed by atoms with Crippen LogP contribution >= 0.6 is 11.6 Å². The number of esters is 1. The average molecular weight is 333 g/mol. The molecule has 0 saturated carbocycles. The molecule has 23 heavy (non-hydrogen) atoms. The quantitative estimate of drug-likeness (QED) is 0.748. The molecular weight excluding hydrogens is 323 g/mol. The van der Waals surface area contributed by atoms with Gasteiger partial charge < -0.3 is 4.74 Å². The van der Waals surface area contributed by atoms with Gasteiger partial charge in [0.25, 0.3) is 5.56 Å². The number of aromatic amines is 1. The number of rotatable bonds is 3. The van der Waals surface area contributed by atoms with E-state index >= 15 is 0 Å². The molecule has 5 nitrogen and oxygen atoms in total. The molecule has 0 aliphatic rings. The number of halogens is 2. The second-order valence-electron chi connectivity index (χ2n) is 4.76. The Kier molecular flexibility index (Phi) is 4.08. The van der Waals surface area contributed by atoms with Gasteiger partial charge in [0.2, 0.25) is 0 Å². The van der Waals surface area contributed by atoms with Crippen LogP contribution in [-0.4, -0.2) is 16.2 Å². The van der Waals surface area contributed by atoms with Crippen molar-refractivity contribution in [3.8, 4) is 0 Å². The van der Waals surface area contributed by atoms with Crippen molar-refractivity contribution in [1.29, 1.82) is 0 Å². The number of fused-ring (bicyclic) bond motifs is 1. The van der Waals surface area contributed by atoms with Gasteiger partial charge in [-0.15, -0.1) is 0 Å². The summed E-state index contributed by atoms with van der Waals surface area (Å²) in [6.07, 6.45) is 0.